The van der Waals surface area contributed by atoms with Crippen molar-refractivity contribution >= 4 is 16.9 Å². The molecule has 7 nitrogen and oxygen atoms in total. The summed E-state index contributed by atoms with van der Waals surface area (Å²) in [6.45, 7) is 3.60. The molecule has 0 spiro atoms. The van der Waals surface area contributed by atoms with E-state index in [1.54, 1.807) is 12.4 Å². The SMILES string of the molecule is CC(=O)OCC1CN(n2ncc3ccncc32)CCO1. The normalized spacial score (nSPS) is 19.2. The Kier molecular flexibility index (Phi) is 3.51. The van der Waals surface area contributed by atoms with Crippen LogP contribution in [0.15, 0.2) is 24.7 Å². The fraction of sp³-hybridized carbons (Fsp3) is 0.462. The quantitative estimate of drug-likeness (QED) is 0.753. The van der Waals surface area contributed by atoms with Gasteiger partial charge in [-0.25, -0.2) is 0 Å². The molecule has 3 heterocycles. The molecule has 0 saturated carbocycles. The van der Waals surface area contributed by atoms with Crippen molar-refractivity contribution in [2.45, 2.75) is 13.0 Å². The summed E-state index contributed by atoms with van der Waals surface area (Å²) in [5, 5.41) is 7.50. The van der Waals surface area contributed by atoms with Gasteiger partial charge in [0, 0.05) is 18.5 Å². The summed E-state index contributed by atoms with van der Waals surface area (Å²) >= 11 is 0. The van der Waals surface area contributed by atoms with Crippen LogP contribution in [0, 0.1) is 0 Å². The van der Waals surface area contributed by atoms with Crippen molar-refractivity contribution in [2.24, 2.45) is 0 Å². The Hall–Kier alpha value is -2.15. The van der Waals surface area contributed by atoms with E-state index in [2.05, 4.69) is 15.1 Å². The molecule has 1 atom stereocenters. The second-order valence-corrected chi connectivity index (χ2v) is 4.68. The minimum absolute atomic E-state index is 0.136. The number of carbonyl (C=O) groups is 1. The molecule has 1 saturated heterocycles. The van der Waals surface area contributed by atoms with Gasteiger partial charge in [0.1, 0.15) is 18.2 Å². The zero-order chi connectivity index (χ0) is 13.9. The summed E-state index contributed by atoms with van der Waals surface area (Å²) in [6, 6.07) is 1.93. The molecule has 1 aliphatic rings. The maximum Gasteiger partial charge on any atom is 0.302 e. The highest BCUT2D eigenvalue weighted by atomic mass is 16.6. The molecule has 1 aliphatic heterocycles. The monoisotopic (exact) mass is 276 g/mol. The van der Waals surface area contributed by atoms with Crippen LogP contribution in [0.1, 0.15) is 6.92 Å². The maximum atomic E-state index is 10.9. The van der Waals surface area contributed by atoms with E-state index in [1.807, 2.05) is 17.1 Å². The molecule has 0 radical (unpaired) electrons. The summed E-state index contributed by atoms with van der Waals surface area (Å²) in [5.41, 5.74) is 0.959. The van der Waals surface area contributed by atoms with E-state index in [0.717, 1.165) is 17.4 Å². The van der Waals surface area contributed by atoms with Crippen molar-refractivity contribution in [3.8, 4) is 0 Å². The molecule has 2 aromatic heterocycles. The molecule has 2 aromatic rings. The summed E-state index contributed by atoms with van der Waals surface area (Å²) in [6.07, 6.45) is 5.22. The number of ether oxygens (including phenoxy) is 2. The average Bonchev–Trinajstić information content (AvgIpc) is 2.89. The summed E-state index contributed by atoms with van der Waals surface area (Å²) in [5.74, 6) is -0.292. The van der Waals surface area contributed by atoms with Gasteiger partial charge in [-0.05, 0) is 6.07 Å². The number of hydrogen-bond acceptors (Lipinski definition) is 6. The van der Waals surface area contributed by atoms with Crippen LogP contribution in [0.5, 0.6) is 0 Å². The number of nitrogens with zero attached hydrogens (tertiary/aromatic N) is 4. The molecule has 0 bridgehead atoms. The van der Waals surface area contributed by atoms with Gasteiger partial charge in [-0.3, -0.25) is 14.8 Å². The van der Waals surface area contributed by atoms with E-state index in [-0.39, 0.29) is 18.7 Å². The number of hydrogen-bond donors (Lipinski definition) is 0. The molecule has 7 heteroatoms. The summed E-state index contributed by atoms with van der Waals surface area (Å²) in [4.78, 5) is 16.8. The van der Waals surface area contributed by atoms with E-state index in [9.17, 15) is 4.79 Å². The summed E-state index contributed by atoms with van der Waals surface area (Å²) < 4.78 is 10.6. The third-order valence-corrected chi connectivity index (χ3v) is 3.21. The third-order valence-electron chi connectivity index (χ3n) is 3.21. The van der Waals surface area contributed by atoms with E-state index in [0.29, 0.717) is 13.2 Å². The molecule has 0 amide bonds. The molecule has 0 N–H and O–H groups in total. The second kappa shape index (κ2) is 5.46. The van der Waals surface area contributed by atoms with Crippen molar-refractivity contribution in [1.29, 1.82) is 0 Å². The van der Waals surface area contributed by atoms with Crippen LogP contribution in [0.25, 0.3) is 10.9 Å². The van der Waals surface area contributed by atoms with Crippen molar-refractivity contribution in [1.82, 2.24) is 14.9 Å². The van der Waals surface area contributed by atoms with Crippen LogP contribution in [0.2, 0.25) is 0 Å². The minimum atomic E-state index is -0.292. The highest BCUT2D eigenvalue weighted by Crippen LogP contribution is 2.13. The van der Waals surface area contributed by atoms with E-state index < -0.39 is 0 Å². The smallest absolute Gasteiger partial charge is 0.302 e. The van der Waals surface area contributed by atoms with Gasteiger partial charge in [0.05, 0.1) is 32.1 Å². The Bertz CT molecular complexity index is 612. The zero-order valence-corrected chi connectivity index (χ0v) is 11.2. The number of rotatable bonds is 3. The van der Waals surface area contributed by atoms with Gasteiger partial charge >= 0.3 is 5.97 Å². The number of morpholine rings is 1. The van der Waals surface area contributed by atoms with Gasteiger partial charge in [0.25, 0.3) is 0 Å². The Morgan fingerprint density at radius 3 is 3.30 bits per heavy atom. The van der Waals surface area contributed by atoms with Crippen LogP contribution >= 0.6 is 0 Å². The molecule has 106 valence electrons. The predicted octanol–water partition coefficient (Wildman–Crippen LogP) is 0.331. The Labute approximate surface area is 116 Å². The van der Waals surface area contributed by atoms with Crippen molar-refractivity contribution < 1.29 is 14.3 Å². The largest absolute Gasteiger partial charge is 0.463 e. The standard InChI is InChI=1S/C13H16N4O3/c1-10(18)20-9-12-8-16(4-5-19-12)17-13-7-14-3-2-11(13)6-15-17/h2-3,6-7,12H,4-5,8-9H2,1H3. The van der Waals surface area contributed by atoms with Gasteiger partial charge in [-0.15, -0.1) is 0 Å². The number of esters is 1. The fourth-order valence-corrected chi connectivity index (χ4v) is 2.26. The van der Waals surface area contributed by atoms with E-state index in [4.69, 9.17) is 9.47 Å². The van der Waals surface area contributed by atoms with Gasteiger partial charge in [-0.1, -0.05) is 0 Å². The molecular formula is C13H16N4O3. The first-order valence-corrected chi connectivity index (χ1v) is 6.52. The Balaban J connectivity index is 1.75. The molecular weight excluding hydrogens is 260 g/mol. The first-order chi connectivity index (χ1) is 9.74. The lowest BCUT2D eigenvalue weighted by Gasteiger charge is -2.33. The fourth-order valence-electron chi connectivity index (χ4n) is 2.26. The lowest BCUT2D eigenvalue weighted by atomic mass is 10.3. The van der Waals surface area contributed by atoms with Crippen LogP contribution in [-0.4, -0.2) is 53.3 Å². The lowest BCUT2D eigenvalue weighted by molar-refractivity contribution is -0.145. The highest BCUT2D eigenvalue weighted by molar-refractivity contribution is 5.77. The van der Waals surface area contributed by atoms with Crippen LogP contribution < -0.4 is 5.01 Å². The van der Waals surface area contributed by atoms with Crippen LogP contribution in [0.3, 0.4) is 0 Å². The number of aromatic nitrogens is 3. The van der Waals surface area contributed by atoms with Crippen molar-refractivity contribution in [3.05, 3.63) is 24.7 Å². The maximum absolute atomic E-state index is 10.9. The molecule has 0 aromatic carbocycles. The molecule has 1 unspecified atom stereocenters. The van der Waals surface area contributed by atoms with Gasteiger partial charge < -0.3 is 9.47 Å². The highest BCUT2D eigenvalue weighted by Gasteiger charge is 2.23. The average molecular weight is 276 g/mol. The number of pyridine rings is 1. The Morgan fingerprint density at radius 1 is 1.55 bits per heavy atom. The van der Waals surface area contributed by atoms with E-state index >= 15 is 0 Å². The summed E-state index contributed by atoms with van der Waals surface area (Å²) in [7, 11) is 0. The second-order valence-electron chi connectivity index (χ2n) is 4.68. The van der Waals surface area contributed by atoms with E-state index in [1.165, 1.54) is 6.92 Å². The number of carbonyl (C=O) groups excluding carboxylic acids is 1. The topological polar surface area (TPSA) is 69.5 Å². The molecule has 1 fully saturated rings. The molecule has 0 aliphatic carbocycles. The third kappa shape index (κ3) is 2.57. The van der Waals surface area contributed by atoms with Gasteiger partial charge in [0.2, 0.25) is 0 Å². The number of fused-ring (bicyclic) bond motifs is 1. The van der Waals surface area contributed by atoms with Crippen molar-refractivity contribution in [2.75, 3.05) is 31.3 Å². The first kappa shape index (κ1) is 12.9. The first-order valence-electron chi connectivity index (χ1n) is 6.52. The van der Waals surface area contributed by atoms with Gasteiger partial charge in [-0.2, -0.15) is 9.89 Å². The minimum Gasteiger partial charge on any atom is -0.463 e. The van der Waals surface area contributed by atoms with Crippen LogP contribution in [0.4, 0.5) is 0 Å². The molecule has 20 heavy (non-hydrogen) atoms. The van der Waals surface area contributed by atoms with Gasteiger partial charge in [0.15, 0.2) is 0 Å². The zero-order valence-electron chi connectivity index (χ0n) is 11.2. The molecule has 3 rings (SSSR count). The van der Waals surface area contributed by atoms with Crippen LogP contribution in [-0.2, 0) is 14.3 Å². The van der Waals surface area contributed by atoms with Crippen molar-refractivity contribution in [3.63, 3.8) is 0 Å². The predicted molar refractivity (Wildman–Crippen MR) is 71.9 cm³/mol. The lowest BCUT2D eigenvalue weighted by Crippen LogP contribution is -2.50. The Morgan fingerprint density at radius 2 is 2.45 bits per heavy atom.